The average Bonchev–Trinajstić information content (AvgIpc) is 3.28. The van der Waals surface area contributed by atoms with Crippen molar-refractivity contribution in [3.63, 3.8) is 0 Å². The second-order valence-electron chi connectivity index (χ2n) is 14.8. The van der Waals surface area contributed by atoms with Gasteiger partial charge >= 0.3 is 0 Å². The van der Waals surface area contributed by atoms with Crippen molar-refractivity contribution >= 4 is 19.7 Å². The number of hydrogen-bond acceptors (Lipinski definition) is 8. The largest absolute Gasteiger partial charge is 0.494 e. The van der Waals surface area contributed by atoms with E-state index in [2.05, 4.69) is 0 Å². The molecule has 0 amide bonds. The Hall–Kier alpha value is -5.58. The molecular formula is C50H54O8S2. The zero-order valence-corrected chi connectivity index (χ0v) is 36.0. The van der Waals surface area contributed by atoms with Crippen LogP contribution in [0, 0.1) is 0 Å². The summed E-state index contributed by atoms with van der Waals surface area (Å²) in [5.74, 6) is 2.51. The van der Waals surface area contributed by atoms with E-state index in [1.165, 1.54) is 0 Å². The fourth-order valence-corrected chi connectivity index (χ4v) is 9.26. The lowest BCUT2D eigenvalue weighted by molar-refractivity contribution is 0.226. The van der Waals surface area contributed by atoms with Crippen LogP contribution in [0.5, 0.6) is 23.0 Å². The molecule has 0 heterocycles. The highest BCUT2D eigenvalue weighted by molar-refractivity contribution is 7.91. The summed E-state index contributed by atoms with van der Waals surface area (Å²) in [6.07, 6.45) is 8.26. The molecule has 0 fully saturated rings. The summed E-state index contributed by atoms with van der Waals surface area (Å²) in [4.78, 5) is 0.854. The van der Waals surface area contributed by atoms with Crippen LogP contribution in [0.2, 0.25) is 0 Å². The van der Waals surface area contributed by atoms with Crippen molar-refractivity contribution < 1.29 is 35.8 Å². The lowest BCUT2D eigenvalue weighted by atomic mass is 10.1. The van der Waals surface area contributed by atoms with Gasteiger partial charge in [0, 0.05) is 0 Å². The van der Waals surface area contributed by atoms with Gasteiger partial charge in [0.2, 0.25) is 19.7 Å². The van der Waals surface area contributed by atoms with E-state index in [4.69, 9.17) is 18.9 Å². The van der Waals surface area contributed by atoms with Crippen LogP contribution in [0.15, 0.2) is 177 Å². The van der Waals surface area contributed by atoms with Gasteiger partial charge in [0.15, 0.2) is 0 Å². The molecule has 8 nitrogen and oxygen atoms in total. The highest BCUT2D eigenvalue weighted by Crippen LogP contribution is 2.29. The Bertz CT molecular complexity index is 2230. The van der Waals surface area contributed by atoms with Crippen LogP contribution in [0.3, 0.4) is 0 Å². The van der Waals surface area contributed by atoms with Crippen molar-refractivity contribution in [2.45, 2.75) is 97.0 Å². The Morgan fingerprint density at radius 2 is 0.617 bits per heavy atom. The lowest BCUT2D eigenvalue weighted by Gasteiger charge is -2.15. The number of ether oxygens (including phenoxy) is 4. The molecule has 0 saturated carbocycles. The van der Waals surface area contributed by atoms with Crippen molar-refractivity contribution in [2.75, 3.05) is 13.2 Å². The summed E-state index contributed by atoms with van der Waals surface area (Å²) in [6.45, 7) is 5.08. The van der Waals surface area contributed by atoms with Crippen molar-refractivity contribution in [1.29, 1.82) is 0 Å². The van der Waals surface area contributed by atoms with E-state index >= 15 is 0 Å². The van der Waals surface area contributed by atoms with E-state index in [0.29, 0.717) is 36.2 Å². The first-order chi connectivity index (χ1) is 29.1. The Kier molecular flexibility index (Phi) is 15.8. The van der Waals surface area contributed by atoms with Crippen molar-refractivity contribution in [1.82, 2.24) is 0 Å². The Labute approximate surface area is 356 Å². The highest BCUT2D eigenvalue weighted by atomic mass is 32.2. The molecule has 0 aliphatic carbocycles. The van der Waals surface area contributed by atoms with Gasteiger partial charge in [-0.25, -0.2) is 16.8 Å². The summed E-state index contributed by atoms with van der Waals surface area (Å²) in [6, 6.07) is 46.0. The minimum absolute atomic E-state index is 0.158. The normalized spacial score (nSPS) is 12.6. The lowest BCUT2D eigenvalue weighted by Crippen LogP contribution is -2.04. The van der Waals surface area contributed by atoms with Crippen LogP contribution in [0.4, 0.5) is 0 Å². The Balaban J connectivity index is 0.803. The summed E-state index contributed by atoms with van der Waals surface area (Å²) in [5, 5.41) is 0. The van der Waals surface area contributed by atoms with E-state index in [9.17, 15) is 16.8 Å². The predicted octanol–water partition coefficient (Wildman–Crippen LogP) is 12.2. The third-order valence-electron chi connectivity index (χ3n) is 10.3. The SMILES string of the molecule is CC(Oc1ccc(S(=O)(=O)c2ccc(OCCCCCCCCCCOc3ccc(S(=O)(=O)c4ccc(OC(C)c5ccccc5)cc4)cc3)cc2)cc1)c1ccccc1. The molecule has 2 unspecified atom stereocenters. The van der Waals surface area contributed by atoms with Crippen LogP contribution >= 0.6 is 0 Å². The second-order valence-corrected chi connectivity index (χ2v) is 18.7. The molecular weight excluding hydrogens is 793 g/mol. The molecule has 0 saturated heterocycles. The smallest absolute Gasteiger partial charge is 0.206 e. The van der Waals surface area contributed by atoms with Crippen molar-refractivity contribution in [2.24, 2.45) is 0 Å². The van der Waals surface area contributed by atoms with Gasteiger partial charge in [-0.2, -0.15) is 0 Å². The van der Waals surface area contributed by atoms with Crippen LogP contribution in [0.25, 0.3) is 0 Å². The molecule has 0 aliphatic rings. The number of benzene rings is 6. The molecule has 2 atom stereocenters. The summed E-state index contributed by atoms with van der Waals surface area (Å²) < 4.78 is 76.7. The van der Waals surface area contributed by atoms with Gasteiger partial charge in [-0.1, -0.05) is 99.2 Å². The van der Waals surface area contributed by atoms with Gasteiger partial charge in [0.1, 0.15) is 35.2 Å². The molecule has 6 rings (SSSR count). The average molecular weight is 847 g/mol. The fourth-order valence-electron chi connectivity index (χ4n) is 6.73. The quantitative estimate of drug-likeness (QED) is 0.0587. The zero-order valence-electron chi connectivity index (χ0n) is 34.3. The molecule has 314 valence electrons. The maximum absolute atomic E-state index is 13.2. The molecule has 10 heteroatoms. The van der Waals surface area contributed by atoms with E-state index in [1.807, 2.05) is 74.5 Å². The van der Waals surface area contributed by atoms with Crippen LogP contribution < -0.4 is 18.9 Å². The fraction of sp³-hybridized carbons (Fsp3) is 0.280. The van der Waals surface area contributed by atoms with E-state index in [0.717, 1.165) is 62.5 Å². The first-order valence-electron chi connectivity index (χ1n) is 20.7. The highest BCUT2D eigenvalue weighted by Gasteiger charge is 2.20. The maximum atomic E-state index is 13.2. The van der Waals surface area contributed by atoms with Crippen LogP contribution in [-0.2, 0) is 19.7 Å². The van der Waals surface area contributed by atoms with Gasteiger partial charge in [-0.05, 0) is 135 Å². The second kappa shape index (κ2) is 21.6. The van der Waals surface area contributed by atoms with Crippen LogP contribution in [-0.4, -0.2) is 30.0 Å². The van der Waals surface area contributed by atoms with Gasteiger partial charge in [0.25, 0.3) is 0 Å². The molecule has 0 bridgehead atoms. The number of rotatable bonds is 23. The number of unbranched alkanes of at least 4 members (excludes halogenated alkanes) is 7. The molecule has 60 heavy (non-hydrogen) atoms. The van der Waals surface area contributed by atoms with Gasteiger partial charge < -0.3 is 18.9 Å². The van der Waals surface area contributed by atoms with Gasteiger partial charge in [-0.3, -0.25) is 0 Å². The van der Waals surface area contributed by atoms with Gasteiger partial charge in [-0.15, -0.1) is 0 Å². The van der Waals surface area contributed by atoms with Crippen molar-refractivity contribution in [3.8, 4) is 23.0 Å². The standard InChI is InChI=1S/C50H54O8S2/c1-39(41-17-11-9-12-18-41)57-45-25-33-49(34-26-45)59(51,52)47-29-21-43(22-30-47)55-37-15-7-5-3-4-6-8-16-38-56-44-23-31-48(32-24-44)60(53,54)50-35-27-46(28-36-50)58-40(2)42-19-13-10-14-20-42/h9-14,17-36,39-40H,3-8,15-16,37-38H2,1-2H3. The molecule has 6 aromatic rings. The van der Waals surface area contributed by atoms with E-state index in [-0.39, 0.29) is 31.8 Å². The van der Waals surface area contributed by atoms with Crippen molar-refractivity contribution in [3.05, 3.63) is 169 Å². The topological polar surface area (TPSA) is 105 Å². The van der Waals surface area contributed by atoms with E-state index < -0.39 is 19.7 Å². The summed E-state index contributed by atoms with van der Waals surface area (Å²) in [5.41, 5.74) is 2.09. The summed E-state index contributed by atoms with van der Waals surface area (Å²) >= 11 is 0. The minimum Gasteiger partial charge on any atom is -0.494 e. The number of hydrogen-bond donors (Lipinski definition) is 0. The predicted molar refractivity (Wildman–Crippen MR) is 236 cm³/mol. The van der Waals surface area contributed by atoms with Gasteiger partial charge in [0.05, 0.1) is 32.8 Å². The third-order valence-corrected chi connectivity index (χ3v) is 13.8. The zero-order chi connectivity index (χ0) is 42.2. The molecule has 0 radical (unpaired) electrons. The summed E-state index contributed by atoms with van der Waals surface area (Å²) in [7, 11) is -7.35. The molecule has 0 aromatic heterocycles. The molecule has 0 N–H and O–H groups in total. The first-order valence-corrected chi connectivity index (χ1v) is 23.7. The third kappa shape index (κ3) is 12.5. The van der Waals surface area contributed by atoms with Crippen LogP contribution in [0.1, 0.15) is 88.5 Å². The minimum atomic E-state index is -3.67. The number of sulfone groups is 2. The molecule has 0 spiro atoms. The monoisotopic (exact) mass is 846 g/mol. The Morgan fingerprint density at radius 1 is 0.350 bits per heavy atom. The Morgan fingerprint density at radius 3 is 0.917 bits per heavy atom. The maximum Gasteiger partial charge on any atom is 0.206 e. The first kappa shape index (κ1) is 44.0. The molecule has 0 aliphatic heterocycles. The molecule has 6 aromatic carbocycles. The van der Waals surface area contributed by atoms with E-state index in [1.54, 1.807) is 97.1 Å².